The molecule has 0 saturated carbocycles. The Balaban J connectivity index is 1.87. The lowest BCUT2D eigenvalue weighted by Crippen LogP contribution is -2.21. The van der Waals surface area contributed by atoms with Crippen LogP contribution in [0.5, 0.6) is 0 Å². The molecule has 1 unspecified atom stereocenters. The Labute approximate surface area is 107 Å². The van der Waals surface area contributed by atoms with Crippen molar-refractivity contribution in [3.05, 3.63) is 59.0 Å². The number of aliphatic hydroxyl groups is 1. The maximum Gasteiger partial charge on any atom is 0.120 e. The Morgan fingerprint density at radius 1 is 1.17 bits per heavy atom. The Hall–Kier alpha value is -1.58. The highest BCUT2D eigenvalue weighted by molar-refractivity contribution is 5.27. The lowest BCUT2D eigenvalue weighted by atomic mass is 10.0. The maximum atomic E-state index is 10.1. The zero-order valence-corrected chi connectivity index (χ0v) is 10.8. The molecular weight excluding hydrogens is 226 g/mol. The van der Waals surface area contributed by atoms with E-state index in [0.29, 0.717) is 13.1 Å². The Morgan fingerprint density at radius 3 is 2.61 bits per heavy atom. The summed E-state index contributed by atoms with van der Waals surface area (Å²) in [7, 11) is 0. The van der Waals surface area contributed by atoms with E-state index in [-0.39, 0.29) is 0 Å². The Morgan fingerprint density at radius 2 is 1.94 bits per heavy atom. The maximum absolute atomic E-state index is 10.1. The zero-order valence-electron chi connectivity index (χ0n) is 10.8. The predicted molar refractivity (Wildman–Crippen MR) is 71.3 cm³/mol. The van der Waals surface area contributed by atoms with Crippen LogP contribution in [-0.2, 0) is 6.54 Å². The lowest BCUT2D eigenvalue weighted by molar-refractivity contribution is 0.172. The molecule has 1 aromatic heterocycles. The number of nitrogens with one attached hydrogen (secondary N) is 1. The van der Waals surface area contributed by atoms with E-state index in [4.69, 9.17) is 4.42 Å². The summed E-state index contributed by atoms with van der Waals surface area (Å²) in [6, 6.07) is 9.83. The summed E-state index contributed by atoms with van der Waals surface area (Å²) in [4.78, 5) is 0. The van der Waals surface area contributed by atoms with Crippen LogP contribution in [0.2, 0.25) is 0 Å². The second-order valence-electron chi connectivity index (χ2n) is 4.53. The molecule has 2 rings (SSSR count). The van der Waals surface area contributed by atoms with Gasteiger partial charge in [-0.3, -0.25) is 0 Å². The van der Waals surface area contributed by atoms with Crippen LogP contribution in [0.25, 0.3) is 0 Å². The van der Waals surface area contributed by atoms with Gasteiger partial charge in [0.05, 0.1) is 18.9 Å². The Kier molecular flexibility index (Phi) is 4.18. The minimum atomic E-state index is -0.485. The molecule has 0 spiro atoms. The van der Waals surface area contributed by atoms with Crippen molar-refractivity contribution in [2.75, 3.05) is 6.54 Å². The van der Waals surface area contributed by atoms with E-state index >= 15 is 0 Å². The van der Waals surface area contributed by atoms with Crippen molar-refractivity contribution in [3.63, 3.8) is 0 Å². The molecule has 0 bridgehead atoms. The average Bonchev–Trinajstić information content (AvgIpc) is 2.75. The molecule has 0 amide bonds. The van der Waals surface area contributed by atoms with Gasteiger partial charge in [0.15, 0.2) is 0 Å². The number of benzene rings is 1. The molecule has 0 radical (unpaired) electrons. The highest BCUT2D eigenvalue weighted by atomic mass is 16.3. The fourth-order valence-electron chi connectivity index (χ4n) is 1.98. The fourth-order valence-corrected chi connectivity index (χ4v) is 1.98. The first-order valence-electron chi connectivity index (χ1n) is 6.15. The molecule has 2 aromatic rings. The van der Waals surface area contributed by atoms with E-state index in [9.17, 15) is 5.11 Å². The summed E-state index contributed by atoms with van der Waals surface area (Å²) in [6.07, 6.45) is 1.20. The third-order valence-corrected chi connectivity index (χ3v) is 3.14. The van der Waals surface area contributed by atoms with E-state index < -0.39 is 6.10 Å². The molecule has 0 aliphatic carbocycles. The van der Waals surface area contributed by atoms with Crippen LogP contribution >= 0.6 is 0 Å². The van der Waals surface area contributed by atoms with Crippen molar-refractivity contribution in [1.82, 2.24) is 5.32 Å². The van der Waals surface area contributed by atoms with Gasteiger partial charge in [0.1, 0.15) is 5.76 Å². The third-order valence-electron chi connectivity index (χ3n) is 3.14. The van der Waals surface area contributed by atoms with E-state index in [0.717, 1.165) is 22.5 Å². The summed E-state index contributed by atoms with van der Waals surface area (Å²) >= 11 is 0. The molecule has 3 heteroatoms. The first kappa shape index (κ1) is 12.9. The van der Waals surface area contributed by atoms with Crippen molar-refractivity contribution < 1.29 is 9.52 Å². The average molecular weight is 245 g/mol. The molecule has 1 atom stereocenters. The SMILES string of the molecule is Cc1ccccc1C(O)CNCc1occc1C. The minimum absolute atomic E-state index is 0.485. The van der Waals surface area contributed by atoms with Gasteiger partial charge in [-0.2, -0.15) is 0 Å². The monoisotopic (exact) mass is 245 g/mol. The molecule has 3 nitrogen and oxygen atoms in total. The molecule has 0 aliphatic rings. The normalized spacial score (nSPS) is 12.6. The highest BCUT2D eigenvalue weighted by Gasteiger charge is 2.09. The summed E-state index contributed by atoms with van der Waals surface area (Å²) in [6.45, 7) is 5.18. The topological polar surface area (TPSA) is 45.4 Å². The van der Waals surface area contributed by atoms with Crippen LogP contribution in [-0.4, -0.2) is 11.7 Å². The molecule has 18 heavy (non-hydrogen) atoms. The minimum Gasteiger partial charge on any atom is -0.468 e. The predicted octanol–water partition coefficient (Wildman–Crippen LogP) is 2.72. The van der Waals surface area contributed by atoms with Gasteiger partial charge < -0.3 is 14.8 Å². The zero-order chi connectivity index (χ0) is 13.0. The Bertz CT molecular complexity index is 505. The number of aryl methyl sites for hydroxylation is 2. The van der Waals surface area contributed by atoms with Gasteiger partial charge >= 0.3 is 0 Å². The van der Waals surface area contributed by atoms with Crippen LogP contribution in [0.1, 0.15) is 28.6 Å². The standard InChI is InChI=1S/C15H19NO2/c1-11-5-3-4-6-13(11)14(17)9-16-10-15-12(2)7-8-18-15/h3-8,14,16-17H,9-10H2,1-2H3. The molecule has 0 saturated heterocycles. The van der Waals surface area contributed by atoms with E-state index in [1.807, 2.05) is 44.2 Å². The largest absolute Gasteiger partial charge is 0.468 e. The summed E-state index contributed by atoms with van der Waals surface area (Å²) in [5.74, 6) is 0.923. The molecule has 1 aromatic carbocycles. The van der Waals surface area contributed by atoms with Crippen molar-refractivity contribution in [3.8, 4) is 0 Å². The van der Waals surface area contributed by atoms with Gasteiger partial charge in [0.25, 0.3) is 0 Å². The first-order chi connectivity index (χ1) is 8.68. The lowest BCUT2D eigenvalue weighted by Gasteiger charge is -2.14. The highest BCUT2D eigenvalue weighted by Crippen LogP contribution is 2.16. The number of aliphatic hydroxyl groups excluding tert-OH is 1. The van der Waals surface area contributed by atoms with Gasteiger partial charge in [-0.15, -0.1) is 0 Å². The third kappa shape index (κ3) is 3.00. The van der Waals surface area contributed by atoms with Crippen LogP contribution in [0, 0.1) is 13.8 Å². The molecule has 2 N–H and O–H groups in total. The molecule has 1 heterocycles. The van der Waals surface area contributed by atoms with Crippen molar-refractivity contribution in [1.29, 1.82) is 0 Å². The fraction of sp³-hybridized carbons (Fsp3) is 0.333. The van der Waals surface area contributed by atoms with E-state index in [2.05, 4.69) is 5.32 Å². The van der Waals surface area contributed by atoms with Crippen LogP contribution in [0.15, 0.2) is 41.0 Å². The van der Waals surface area contributed by atoms with Gasteiger partial charge in [0, 0.05) is 6.54 Å². The van der Waals surface area contributed by atoms with Crippen molar-refractivity contribution in [2.45, 2.75) is 26.5 Å². The summed E-state index contributed by atoms with van der Waals surface area (Å²) in [5, 5.41) is 13.3. The quantitative estimate of drug-likeness (QED) is 0.851. The molecule has 0 fully saturated rings. The molecule has 0 aliphatic heterocycles. The van der Waals surface area contributed by atoms with Crippen LogP contribution in [0.4, 0.5) is 0 Å². The van der Waals surface area contributed by atoms with Crippen LogP contribution in [0.3, 0.4) is 0 Å². The number of hydrogen-bond acceptors (Lipinski definition) is 3. The van der Waals surface area contributed by atoms with Gasteiger partial charge in [0.2, 0.25) is 0 Å². The van der Waals surface area contributed by atoms with Crippen molar-refractivity contribution in [2.24, 2.45) is 0 Å². The second-order valence-corrected chi connectivity index (χ2v) is 4.53. The van der Waals surface area contributed by atoms with Gasteiger partial charge in [-0.05, 0) is 36.6 Å². The molecular formula is C15H19NO2. The smallest absolute Gasteiger partial charge is 0.120 e. The summed E-state index contributed by atoms with van der Waals surface area (Å²) < 4.78 is 5.33. The first-order valence-corrected chi connectivity index (χ1v) is 6.15. The number of rotatable bonds is 5. The van der Waals surface area contributed by atoms with Crippen LogP contribution < -0.4 is 5.32 Å². The van der Waals surface area contributed by atoms with Crippen molar-refractivity contribution >= 4 is 0 Å². The second kappa shape index (κ2) is 5.85. The van der Waals surface area contributed by atoms with E-state index in [1.165, 1.54) is 0 Å². The number of hydrogen-bond donors (Lipinski definition) is 2. The molecule has 96 valence electrons. The van der Waals surface area contributed by atoms with E-state index in [1.54, 1.807) is 6.26 Å². The van der Waals surface area contributed by atoms with Gasteiger partial charge in [-0.1, -0.05) is 24.3 Å². The number of furan rings is 1. The van der Waals surface area contributed by atoms with Gasteiger partial charge in [-0.25, -0.2) is 0 Å². The summed E-state index contributed by atoms with van der Waals surface area (Å²) in [5.41, 5.74) is 3.22.